The van der Waals surface area contributed by atoms with E-state index in [2.05, 4.69) is 15.6 Å². The van der Waals surface area contributed by atoms with Crippen LogP contribution in [0.5, 0.6) is 0 Å². The predicted molar refractivity (Wildman–Crippen MR) is 119 cm³/mol. The summed E-state index contributed by atoms with van der Waals surface area (Å²) in [6.07, 6.45) is 1.76. The van der Waals surface area contributed by atoms with Crippen molar-refractivity contribution in [1.29, 1.82) is 0 Å². The summed E-state index contributed by atoms with van der Waals surface area (Å²) in [6, 6.07) is 5.96. The molecule has 8 heteroatoms. The van der Waals surface area contributed by atoms with Gasteiger partial charge in [-0.1, -0.05) is 32.0 Å². The third-order valence-electron chi connectivity index (χ3n) is 4.62. The quantitative estimate of drug-likeness (QED) is 0.556. The number of esters is 1. The molecule has 2 atom stereocenters. The normalized spacial score (nSPS) is 13.5. The minimum Gasteiger partial charge on any atom is -0.467 e. The van der Waals surface area contributed by atoms with Crippen LogP contribution < -0.4 is 10.6 Å². The fraction of sp³-hybridized carbons (Fsp3) is 0.522. The molecule has 2 rings (SSSR count). The first-order valence-electron chi connectivity index (χ1n) is 10.4. The van der Waals surface area contributed by atoms with Crippen LogP contribution in [0.3, 0.4) is 0 Å². The number of ether oxygens (including phenoxy) is 2. The standard InChI is InChI=1S/C23H33N3O5/c1-14(2)11-19(21(28)30-6)25-20(27)18(26-22(29)31-23(3,4)5)12-15-13-24-17-10-8-7-9-16(15)17/h7-10,13-14,18-19,24H,11-12H2,1-6H3,(H,25,27)(H,26,29)/t18-,19-/m0/s1. The van der Waals surface area contributed by atoms with Gasteiger partial charge in [0.2, 0.25) is 5.91 Å². The summed E-state index contributed by atoms with van der Waals surface area (Å²) in [5.74, 6) is -0.840. The first-order valence-corrected chi connectivity index (χ1v) is 10.4. The Balaban J connectivity index is 2.25. The first kappa shape index (κ1) is 24.2. The maximum absolute atomic E-state index is 13.1. The third-order valence-corrected chi connectivity index (χ3v) is 4.62. The second kappa shape index (κ2) is 10.3. The van der Waals surface area contributed by atoms with Crippen molar-refractivity contribution in [3.8, 4) is 0 Å². The molecule has 0 bridgehead atoms. The van der Waals surface area contributed by atoms with Gasteiger partial charge < -0.3 is 25.1 Å². The average molecular weight is 432 g/mol. The molecular weight excluding hydrogens is 398 g/mol. The Hall–Kier alpha value is -3.03. The van der Waals surface area contributed by atoms with Gasteiger partial charge in [0, 0.05) is 23.5 Å². The van der Waals surface area contributed by atoms with Gasteiger partial charge in [0.1, 0.15) is 17.7 Å². The number of benzene rings is 1. The average Bonchev–Trinajstić information content (AvgIpc) is 3.07. The van der Waals surface area contributed by atoms with E-state index in [1.807, 2.05) is 44.3 Å². The number of alkyl carbamates (subject to hydrolysis) is 1. The molecule has 8 nitrogen and oxygen atoms in total. The van der Waals surface area contributed by atoms with Gasteiger partial charge in [0.05, 0.1) is 7.11 Å². The van der Waals surface area contributed by atoms with Crippen LogP contribution in [0.25, 0.3) is 10.9 Å². The van der Waals surface area contributed by atoms with E-state index in [0.29, 0.717) is 6.42 Å². The SMILES string of the molecule is COC(=O)[C@H](CC(C)C)NC(=O)[C@H](Cc1c[nH]c2ccccc12)NC(=O)OC(C)(C)C. The summed E-state index contributed by atoms with van der Waals surface area (Å²) in [5, 5.41) is 6.34. The highest BCUT2D eigenvalue weighted by atomic mass is 16.6. The lowest BCUT2D eigenvalue weighted by molar-refractivity contribution is -0.145. The molecular formula is C23H33N3O5. The van der Waals surface area contributed by atoms with Crippen molar-refractivity contribution in [2.24, 2.45) is 5.92 Å². The molecule has 170 valence electrons. The second-order valence-corrected chi connectivity index (χ2v) is 8.98. The van der Waals surface area contributed by atoms with E-state index in [-0.39, 0.29) is 12.3 Å². The smallest absolute Gasteiger partial charge is 0.408 e. The number of rotatable bonds is 8. The van der Waals surface area contributed by atoms with Crippen molar-refractivity contribution in [2.75, 3.05) is 7.11 Å². The molecule has 0 saturated carbocycles. The van der Waals surface area contributed by atoms with Crippen molar-refractivity contribution in [1.82, 2.24) is 15.6 Å². The van der Waals surface area contributed by atoms with Crippen LogP contribution in [0.4, 0.5) is 4.79 Å². The first-order chi connectivity index (χ1) is 14.5. The van der Waals surface area contributed by atoms with Crippen molar-refractivity contribution in [3.63, 3.8) is 0 Å². The van der Waals surface area contributed by atoms with Gasteiger partial charge in [0.15, 0.2) is 0 Å². The molecule has 0 unspecified atom stereocenters. The lowest BCUT2D eigenvalue weighted by Gasteiger charge is -2.25. The number of hydrogen-bond acceptors (Lipinski definition) is 5. The summed E-state index contributed by atoms with van der Waals surface area (Å²) in [6.45, 7) is 9.14. The van der Waals surface area contributed by atoms with E-state index >= 15 is 0 Å². The highest BCUT2D eigenvalue weighted by Gasteiger charge is 2.30. The maximum Gasteiger partial charge on any atom is 0.408 e. The van der Waals surface area contributed by atoms with Gasteiger partial charge in [-0.25, -0.2) is 9.59 Å². The van der Waals surface area contributed by atoms with Gasteiger partial charge in [-0.3, -0.25) is 4.79 Å². The molecule has 1 aromatic heterocycles. The minimum atomic E-state index is -0.937. The number of methoxy groups -OCH3 is 1. The van der Waals surface area contributed by atoms with E-state index in [9.17, 15) is 14.4 Å². The molecule has 2 amide bonds. The maximum atomic E-state index is 13.1. The van der Waals surface area contributed by atoms with Gasteiger partial charge in [0.25, 0.3) is 0 Å². The summed E-state index contributed by atoms with van der Waals surface area (Å²) in [4.78, 5) is 40.8. The summed E-state index contributed by atoms with van der Waals surface area (Å²) >= 11 is 0. The topological polar surface area (TPSA) is 110 Å². The van der Waals surface area contributed by atoms with Gasteiger partial charge >= 0.3 is 12.1 Å². The number of H-pyrrole nitrogens is 1. The highest BCUT2D eigenvalue weighted by Crippen LogP contribution is 2.20. The van der Waals surface area contributed by atoms with Crippen LogP contribution in [0, 0.1) is 5.92 Å². The number of para-hydroxylation sites is 1. The molecule has 0 spiro atoms. The fourth-order valence-corrected chi connectivity index (χ4v) is 3.28. The highest BCUT2D eigenvalue weighted by molar-refractivity contribution is 5.91. The van der Waals surface area contributed by atoms with Crippen molar-refractivity contribution >= 4 is 28.9 Å². The molecule has 2 aromatic rings. The van der Waals surface area contributed by atoms with Gasteiger partial charge in [-0.15, -0.1) is 0 Å². The summed E-state index contributed by atoms with van der Waals surface area (Å²) in [7, 11) is 1.28. The number of carbonyl (C=O) groups is 3. The Morgan fingerprint density at radius 1 is 1.06 bits per heavy atom. The Morgan fingerprint density at radius 2 is 1.74 bits per heavy atom. The zero-order valence-corrected chi connectivity index (χ0v) is 19.1. The van der Waals surface area contributed by atoms with E-state index in [0.717, 1.165) is 16.5 Å². The minimum absolute atomic E-state index is 0.162. The molecule has 3 N–H and O–H groups in total. The van der Waals surface area contributed by atoms with Crippen molar-refractivity contribution in [2.45, 2.75) is 65.1 Å². The molecule has 31 heavy (non-hydrogen) atoms. The lowest BCUT2D eigenvalue weighted by Crippen LogP contribution is -2.53. The van der Waals surface area contributed by atoms with Crippen LogP contribution in [-0.2, 0) is 25.5 Å². The zero-order chi connectivity index (χ0) is 23.2. The number of nitrogens with one attached hydrogen (secondary N) is 3. The monoisotopic (exact) mass is 431 g/mol. The van der Waals surface area contributed by atoms with Crippen LogP contribution in [-0.4, -0.2) is 47.7 Å². The van der Waals surface area contributed by atoms with Crippen LogP contribution in [0.15, 0.2) is 30.5 Å². The number of fused-ring (bicyclic) bond motifs is 1. The van der Waals surface area contributed by atoms with Crippen LogP contribution >= 0.6 is 0 Å². The zero-order valence-electron chi connectivity index (χ0n) is 19.1. The molecule has 0 fully saturated rings. The second-order valence-electron chi connectivity index (χ2n) is 8.98. The van der Waals surface area contributed by atoms with Gasteiger partial charge in [-0.05, 0) is 44.7 Å². The van der Waals surface area contributed by atoms with Crippen LogP contribution in [0.1, 0.15) is 46.6 Å². The Kier molecular flexibility index (Phi) is 8.08. The molecule has 0 aliphatic rings. The summed E-state index contributed by atoms with van der Waals surface area (Å²) < 4.78 is 10.2. The summed E-state index contributed by atoms with van der Waals surface area (Å²) in [5.41, 5.74) is 1.09. The van der Waals surface area contributed by atoms with E-state index in [1.165, 1.54) is 7.11 Å². The Bertz CT molecular complexity index is 913. The van der Waals surface area contributed by atoms with E-state index in [4.69, 9.17) is 9.47 Å². The van der Waals surface area contributed by atoms with E-state index < -0.39 is 35.7 Å². The van der Waals surface area contributed by atoms with Gasteiger partial charge in [-0.2, -0.15) is 0 Å². The number of aromatic amines is 1. The Labute approximate surface area is 183 Å². The number of aromatic nitrogens is 1. The third kappa shape index (κ3) is 7.31. The fourth-order valence-electron chi connectivity index (χ4n) is 3.28. The molecule has 1 aromatic carbocycles. The number of hydrogen-bond donors (Lipinski definition) is 3. The molecule has 0 saturated heterocycles. The number of amides is 2. The molecule has 0 radical (unpaired) electrons. The predicted octanol–water partition coefficient (Wildman–Crippen LogP) is 3.31. The molecule has 1 heterocycles. The number of carbonyl (C=O) groups excluding carboxylic acids is 3. The Morgan fingerprint density at radius 3 is 2.35 bits per heavy atom. The van der Waals surface area contributed by atoms with E-state index in [1.54, 1.807) is 20.8 Å². The lowest BCUT2D eigenvalue weighted by atomic mass is 10.0. The molecule has 0 aliphatic heterocycles. The van der Waals surface area contributed by atoms with Crippen molar-refractivity contribution < 1.29 is 23.9 Å². The largest absolute Gasteiger partial charge is 0.467 e. The van der Waals surface area contributed by atoms with Crippen LogP contribution in [0.2, 0.25) is 0 Å². The van der Waals surface area contributed by atoms with Crippen molar-refractivity contribution in [3.05, 3.63) is 36.0 Å². The molecule has 0 aliphatic carbocycles.